The number of nitrogens with zero attached hydrogens (tertiary/aromatic N) is 2. The lowest BCUT2D eigenvalue weighted by molar-refractivity contribution is -0.118. The minimum absolute atomic E-state index is 0.0723. The maximum absolute atomic E-state index is 12.1. The molecule has 0 radical (unpaired) electrons. The summed E-state index contributed by atoms with van der Waals surface area (Å²) in [6.07, 6.45) is 0. The number of carbonyl (C=O) groups is 1. The standard InChI is InChI=1S/C19H18ClN3O2S2/c1-12-4-3-5-16(13(12)2)25-10-17(24)21-18-22-23-19(27-18)26-11-14-6-8-15(20)9-7-14/h3-9H,10-11H2,1-2H3,(H,21,22,24). The lowest BCUT2D eigenvalue weighted by atomic mass is 10.1. The Kier molecular flexibility index (Phi) is 6.71. The molecule has 1 aromatic heterocycles. The zero-order valence-corrected chi connectivity index (χ0v) is 17.2. The monoisotopic (exact) mass is 419 g/mol. The average Bonchev–Trinajstić information content (AvgIpc) is 3.10. The number of hydrogen-bond acceptors (Lipinski definition) is 6. The second-order valence-corrected chi connectivity index (χ2v) is 8.46. The number of thioether (sulfide) groups is 1. The van der Waals surface area contributed by atoms with Crippen LogP contribution in [-0.4, -0.2) is 22.7 Å². The third-order valence-corrected chi connectivity index (χ3v) is 6.14. The Morgan fingerprint density at radius 1 is 1.19 bits per heavy atom. The van der Waals surface area contributed by atoms with Crippen molar-refractivity contribution in [1.82, 2.24) is 10.2 Å². The molecule has 27 heavy (non-hydrogen) atoms. The van der Waals surface area contributed by atoms with E-state index in [0.29, 0.717) is 15.9 Å². The van der Waals surface area contributed by atoms with Gasteiger partial charge in [0.2, 0.25) is 5.13 Å². The topological polar surface area (TPSA) is 64.1 Å². The fourth-order valence-electron chi connectivity index (χ4n) is 2.22. The Hall–Kier alpha value is -2.09. The predicted octanol–water partition coefficient (Wildman–Crippen LogP) is 5.12. The summed E-state index contributed by atoms with van der Waals surface area (Å²) >= 11 is 8.78. The molecule has 0 aliphatic rings. The number of benzene rings is 2. The summed E-state index contributed by atoms with van der Waals surface area (Å²) in [5, 5.41) is 12.0. The van der Waals surface area contributed by atoms with E-state index in [1.807, 2.05) is 56.3 Å². The van der Waals surface area contributed by atoms with Gasteiger partial charge in [-0.05, 0) is 48.7 Å². The highest BCUT2D eigenvalue weighted by Gasteiger charge is 2.10. The number of hydrogen-bond donors (Lipinski definition) is 1. The summed E-state index contributed by atoms with van der Waals surface area (Å²) < 4.78 is 6.39. The molecule has 8 heteroatoms. The number of aromatic nitrogens is 2. The van der Waals surface area contributed by atoms with Crippen molar-refractivity contribution in [3.63, 3.8) is 0 Å². The fourth-order valence-corrected chi connectivity index (χ4v) is 4.07. The Morgan fingerprint density at radius 3 is 2.74 bits per heavy atom. The SMILES string of the molecule is Cc1cccc(OCC(=O)Nc2nnc(SCc3ccc(Cl)cc3)s2)c1C. The first-order valence-corrected chi connectivity index (χ1v) is 10.4. The summed E-state index contributed by atoms with van der Waals surface area (Å²) in [7, 11) is 0. The van der Waals surface area contributed by atoms with E-state index >= 15 is 0 Å². The zero-order chi connectivity index (χ0) is 19.2. The number of rotatable bonds is 7. The molecule has 0 fully saturated rings. The van der Waals surface area contributed by atoms with Crippen LogP contribution in [-0.2, 0) is 10.5 Å². The highest BCUT2D eigenvalue weighted by molar-refractivity contribution is 8.00. The van der Waals surface area contributed by atoms with Crippen LogP contribution in [0.15, 0.2) is 46.8 Å². The van der Waals surface area contributed by atoms with E-state index in [2.05, 4.69) is 15.5 Å². The van der Waals surface area contributed by atoms with Crippen LogP contribution in [0.3, 0.4) is 0 Å². The minimum Gasteiger partial charge on any atom is -0.483 e. The number of amides is 1. The van der Waals surface area contributed by atoms with Crippen LogP contribution in [0, 0.1) is 13.8 Å². The van der Waals surface area contributed by atoms with Gasteiger partial charge < -0.3 is 4.74 Å². The third-order valence-electron chi connectivity index (χ3n) is 3.84. The van der Waals surface area contributed by atoms with Gasteiger partial charge in [-0.2, -0.15) is 0 Å². The Labute approximate surface area is 171 Å². The molecule has 0 aliphatic carbocycles. The maximum Gasteiger partial charge on any atom is 0.264 e. The highest BCUT2D eigenvalue weighted by Crippen LogP contribution is 2.28. The van der Waals surface area contributed by atoms with Crippen molar-refractivity contribution < 1.29 is 9.53 Å². The summed E-state index contributed by atoms with van der Waals surface area (Å²) in [6.45, 7) is 3.90. The molecule has 3 aromatic rings. The van der Waals surface area contributed by atoms with Crippen LogP contribution in [0.4, 0.5) is 5.13 Å². The molecule has 2 aromatic carbocycles. The second kappa shape index (κ2) is 9.21. The van der Waals surface area contributed by atoms with Gasteiger partial charge in [-0.3, -0.25) is 10.1 Å². The second-order valence-electron chi connectivity index (χ2n) is 5.82. The van der Waals surface area contributed by atoms with Crippen molar-refractivity contribution in [2.24, 2.45) is 0 Å². The number of ether oxygens (including phenoxy) is 1. The summed E-state index contributed by atoms with van der Waals surface area (Å²) in [6, 6.07) is 13.4. The Morgan fingerprint density at radius 2 is 1.96 bits per heavy atom. The Bertz CT molecular complexity index is 929. The van der Waals surface area contributed by atoms with Crippen molar-refractivity contribution in [3.05, 3.63) is 64.2 Å². The predicted molar refractivity (Wildman–Crippen MR) is 111 cm³/mol. The Balaban J connectivity index is 1.48. The summed E-state index contributed by atoms with van der Waals surface area (Å²) in [5.74, 6) is 1.21. The number of aryl methyl sites for hydroxylation is 1. The molecule has 0 aliphatic heterocycles. The highest BCUT2D eigenvalue weighted by atomic mass is 35.5. The van der Waals surface area contributed by atoms with Crippen molar-refractivity contribution in [1.29, 1.82) is 0 Å². The van der Waals surface area contributed by atoms with Crippen LogP contribution < -0.4 is 10.1 Å². The summed E-state index contributed by atoms with van der Waals surface area (Å²) in [5.41, 5.74) is 3.30. The molecule has 1 heterocycles. The molecule has 5 nitrogen and oxygen atoms in total. The molecular formula is C19H18ClN3O2S2. The molecule has 1 amide bonds. The van der Waals surface area contributed by atoms with E-state index in [9.17, 15) is 4.79 Å². The van der Waals surface area contributed by atoms with Gasteiger partial charge in [0.15, 0.2) is 10.9 Å². The van der Waals surface area contributed by atoms with Crippen LogP contribution in [0.2, 0.25) is 5.02 Å². The van der Waals surface area contributed by atoms with Gasteiger partial charge in [-0.25, -0.2) is 0 Å². The van der Waals surface area contributed by atoms with Crippen LogP contribution in [0.1, 0.15) is 16.7 Å². The van der Waals surface area contributed by atoms with Gasteiger partial charge in [0.1, 0.15) is 5.75 Å². The molecule has 0 unspecified atom stereocenters. The third kappa shape index (κ3) is 5.69. The average molecular weight is 420 g/mol. The van der Waals surface area contributed by atoms with Gasteiger partial charge in [0.05, 0.1) is 0 Å². The normalized spacial score (nSPS) is 10.6. The van der Waals surface area contributed by atoms with E-state index in [0.717, 1.165) is 26.8 Å². The van der Waals surface area contributed by atoms with Gasteiger partial charge in [0.25, 0.3) is 5.91 Å². The zero-order valence-electron chi connectivity index (χ0n) is 14.9. The van der Waals surface area contributed by atoms with E-state index in [4.69, 9.17) is 16.3 Å². The lowest BCUT2D eigenvalue weighted by Gasteiger charge is -2.10. The van der Waals surface area contributed by atoms with Crippen molar-refractivity contribution in [3.8, 4) is 5.75 Å². The molecule has 0 spiro atoms. The molecule has 1 N–H and O–H groups in total. The minimum atomic E-state index is -0.263. The van der Waals surface area contributed by atoms with Gasteiger partial charge >= 0.3 is 0 Å². The number of anilines is 1. The fraction of sp³-hybridized carbons (Fsp3) is 0.211. The number of carbonyl (C=O) groups excluding carboxylic acids is 1. The number of nitrogens with one attached hydrogen (secondary N) is 1. The van der Waals surface area contributed by atoms with Crippen LogP contribution in [0.5, 0.6) is 5.75 Å². The quantitative estimate of drug-likeness (QED) is 0.425. The van der Waals surface area contributed by atoms with Gasteiger partial charge in [-0.15, -0.1) is 10.2 Å². The molecule has 0 saturated heterocycles. The van der Waals surface area contributed by atoms with E-state index in [1.54, 1.807) is 11.8 Å². The number of halogens is 1. The van der Waals surface area contributed by atoms with Crippen molar-refractivity contribution in [2.45, 2.75) is 23.9 Å². The van der Waals surface area contributed by atoms with Crippen LogP contribution >= 0.6 is 34.7 Å². The lowest BCUT2D eigenvalue weighted by Crippen LogP contribution is -2.20. The van der Waals surface area contributed by atoms with Gasteiger partial charge in [0, 0.05) is 10.8 Å². The first-order chi connectivity index (χ1) is 13.0. The molecule has 0 bridgehead atoms. The van der Waals surface area contributed by atoms with Gasteiger partial charge in [-0.1, -0.05) is 59.0 Å². The first kappa shape index (κ1) is 19.7. The maximum atomic E-state index is 12.1. The smallest absolute Gasteiger partial charge is 0.264 e. The largest absolute Gasteiger partial charge is 0.483 e. The summed E-state index contributed by atoms with van der Waals surface area (Å²) in [4.78, 5) is 12.1. The molecule has 0 atom stereocenters. The van der Waals surface area contributed by atoms with E-state index < -0.39 is 0 Å². The molecule has 0 saturated carbocycles. The van der Waals surface area contributed by atoms with E-state index in [-0.39, 0.29) is 12.5 Å². The molecule has 140 valence electrons. The first-order valence-electron chi connectivity index (χ1n) is 8.21. The van der Waals surface area contributed by atoms with Crippen molar-refractivity contribution in [2.75, 3.05) is 11.9 Å². The molecular weight excluding hydrogens is 402 g/mol. The van der Waals surface area contributed by atoms with Crippen LogP contribution in [0.25, 0.3) is 0 Å². The van der Waals surface area contributed by atoms with E-state index in [1.165, 1.54) is 11.3 Å². The van der Waals surface area contributed by atoms with Crippen molar-refractivity contribution >= 4 is 45.7 Å². The molecule has 3 rings (SSSR count).